The molecule has 0 aliphatic carbocycles. The van der Waals surface area contributed by atoms with Gasteiger partial charge in [-0.1, -0.05) is 0 Å². The van der Waals surface area contributed by atoms with Crippen LogP contribution in [0.25, 0.3) is 11.0 Å². The molecule has 1 N–H and O–H groups in total. The van der Waals surface area contributed by atoms with Crippen molar-refractivity contribution in [3.63, 3.8) is 0 Å². The SMILES string of the molecule is CC(C)(C)OC(=O)N1CC(Sc2cc(C(=O)Nc3ccc4cccnc4n3)ccc2Br)C1. The van der Waals surface area contributed by atoms with Crippen LogP contribution in [-0.2, 0) is 4.74 Å². The summed E-state index contributed by atoms with van der Waals surface area (Å²) in [5, 5.41) is 3.99. The number of hydrogen-bond donors (Lipinski definition) is 1. The highest BCUT2D eigenvalue weighted by Gasteiger charge is 2.34. The third kappa shape index (κ3) is 5.39. The topological polar surface area (TPSA) is 84.4 Å². The summed E-state index contributed by atoms with van der Waals surface area (Å²) in [5.74, 6) is 0.205. The number of benzene rings is 1. The van der Waals surface area contributed by atoms with Crippen molar-refractivity contribution >= 4 is 56.5 Å². The fourth-order valence-corrected chi connectivity index (χ4v) is 4.88. The van der Waals surface area contributed by atoms with Gasteiger partial charge in [-0.2, -0.15) is 0 Å². The van der Waals surface area contributed by atoms with Gasteiger partial charge in [0.15, 0.2) is 5.65 Å². The summed E-state index contributed by atoms with van der Waals surface area (Å²) in [6, 6.07) is 12.9. The number of hydrogen-bond acceptors (Lipinski definition) is 6. The maximum absolute atomic E-state index is 12.8. The fourth-order valence-electron chi connectivity index (χ4n) is 3.11. The van der Waals surface area contributed by atoms with Gasteiger partial charge in [-0.15, -0.1) is 11.8 Å². The van der Waals surface area contributed by atoms with E-state index in [1.54, 1.807) is 35.0 Å². The Bertz CT molecular complexity index is 1180. The van der Waals surface area contributed by atoms with Gasteiger partial charge < -0.3 is 15.0 Å². The van der Waals surface area contributed by atoms with Gasteiger partial charge in [0.1, 0.15) is 11.4 Å². The minimum atomic E-state index is -0.504. The van der Waals surface area contributed by atoms with Crippen LogP contribution in [0.1, 0.15) is 31.1 Å². The molecule has 1 aromatic carbocycles. The lowest BCUT2D eigenvalue weighted by atomic mass is 10.2. The highest BCUT2D eigenvalue weighted by atomic mass is 79.9. The van der Waals surface area contributed by atoms with Crippen LogP contribution in [0.4, 0.5) is 10.6 Å². The molecule has 9 heteroatoms. The summed E-state index contributed by atoms with van der Waals surface area (Å²) < 4.78 is 6.31. The Labute approximate surface area is 199 Å². The van der Waals surface area contributed by atoms with E-state index in [1.807, 2.05) is 51.1 Å². The van der Waals surface area contributed by atoms with Crippen LogP contribution >= 0.6 is 27.7 Å². The molecule has 3 aromatic rings. The maximum Gasteiger partial charge on any atom is 0.410 e. The van der Waals surface area contributed by atoms with E-state index in [-0.39, 0.29) is 17.3 Å². The second-order valence-electron chi connectivity index (χ2n) is 8.47. The van der Waals surface area contributed by atoms with E-state index in [1.165, 1.54) is 0 Å². The number of pyridine rings is 2. The van der Waals surface area contributed by atoms with Gasteiger partial charge in [0.2, 0.25) is 0 Å². The van der Waals surface area contributed by atoms with Crippen molar-refractivity contribution in [3.8, 4) is 0 Å². The van der Waals surface area contributed by atoms with Gasteiger partial charge >= 0.3 is 6.09 Å². The van der Waals surface area contributed by atoms with Crippen molar-refractivity contribution in [1.29, 1.82) is 0 Å². The molecule has 3 heterocycles. The molecular formula is C23H23BrN4O3S. The van der Waals surface area contributed by atoms with Crippen LogP contribution in [0.5, 0.6) is 0 Å². The number of carbonyl (C=O) groups is 2. The highest BCUT2D eigenvalue weighted by Crippen LogP contribution is 2.35. The standard InChI is InChI=1S/C23H23BrN4O3S/c1-23(2,3)31-22(30)28-12-16(13-28)32-18-11-15(6-8-17(18)24)21(29)27-19-9-7-14-5-4-10-25-20(14)26-19/h4-11,16H,12-13H2,1-3H3,(H,25,26,27,29). The Kier molecular flexibility index (Phi) is 6.39. The zero-order chi connectivity index (χ0) is 22.9. The monoisotopic (exact) mass is 514 g/mol. The second kappa shape index (κ2) is 9.07. The number of amides is 2. The number of thioether (sulfide) groups is 1. The summed E-state index contributed by atoms with van der Waals surface area (Å²) in [7, 11) is 0. The molecule has 7 nitrogen and oxygen atoms in total. The lowest BCUT2D eigenvalue weighted by Gasteiger charge is -2.39. The first-order valence-electron chi connectivity index (χ1n) is 10.2. The molecule has 1 aliphatic heterocycles. The molecular weight excluding hydrogens is 492 g/mol. The van der Waals surface area contributed by atoms with Crippen molar-refractivity contribution < 1.29 is 14.3 Å². The van der Waals surface area contributed by atoms with E-state index in [2.05, 4.69) is 31.2 Å². The Morgan fingerprint density at radius 3 is 2.72 bits per heavy atom. The van der Waals surface area contributed by atoms with Crippen LogP contribution in [0.2, 0.25) is 0 Å². The van der Waals surface area contributed by atoms with Crippen LogP contribution in [0, 0.1) is 0 Å². The molecule has 0 radical (unpaired) electrons. The minimum absolute atomic E-state index is 0.241. The number of anilines is 1. The lowest BCUT2D eigenvalue weighted by Crippen LogP contribution is -2.53. The van der Waals surface area contributed by atoms with Crippen molar-refractivity contribution in [2.75, 3.05) is 18.4 Å². The molecule has 32 heavy (non-hydrogen) atoms. The van der Waals surface area contributed by atoms with Crippen LogP contribution in [-0.4, -0.2) is 50.8 Å². The zero-order valence-corrected chi connectivity index (χ0v) is 20.4. The largest absolute Gasteiger partial charge is 0.444 e. The van der Waals surface area contributed by atoms with E-state index >= 15 is 0 Å². The molecule has 0 unspecified atom stereocenters. The van der Waals surface area contributed by atoms with Crippen LogP contribution < -0.4 is 5.32 Å². The Morgan fingerprint density at radius 1 is 1.19 bits per heavy atom. The molecule has 1 fully saturated rings. The smallest absolute Gasteiger partial charge is 0.410 e. The molecule has 4 rings (SSSR count). The number of rotatable bonds is 4. The first kappa shape index (κ1) is 22.5. The highest BCUT2D eigenvalue weighted by molar-refractivity contribution is 9.10. The van der Waals surface area contributed by atoms with Crippen molar-refractivity contribution in [2.24, 2.45) is 0 Å². The number of aromatic nitrogens is 2. The normalized spacial score (nSPS) is 14.2. The van der Waals surface area contributed by atoms with Gasteiger partial charge in [0.05, 0.1) is 0 Å². The molecule has 0 spiro atoms. The van der Waals surface area contributed by atoms with Gasteiger partial charge in [0, 0.05) is 44.9 Å². The lowest BCUT2D eigenvalue weighted by molar-refractivity contribution is 0.0144. The van der Waals surface area contributed by atoms with Gasteiger partial charge in [-0.25, -0.2) is 14.8 Å². The number of nitrogens with zero attached hydrogens (tertiary/aromatic N) is 3. The molecule has 0 bridgehead atoms. The summed E-state index contributed by atoms with van der Waals surface area (Å²) in [6.07, 6.45) is 1.38. The Morgan fingerprint density at radius 2 is 1.97 bits per heavy atom. The van der Waals surface area contributed by atoms with Crippen LogP contribution in [0.3, 0.4) is 0 Å². The maximum atomic E-state index is 12.8. The van der Waals surface area contributed by atoms with E-state index in [0.717, 1.165) is 14.8 Å². The third-order valence-corrected chi connectivity index (χ3v) is 6.87. The summed E-state index contributed by atoms with van der Waals surface area (Å²) >= 11 is 5.19. The van der Waals surface area contributed by atoms with Crippen molar-refractivity contribution in [2.45, 2.75) is 36.5 Å². The minimum Gasteiger partial charge on any atom is -0.444 e. The van der Waals surface area contributed by atoms with E-state index in [4.69, 9.17) is 4.74 Å². The van der Waals surface area contributed by atoms with Gasteiger partial charge in [-0.05, 0) is 79.2 Å². The number of nitrogens with one attached hydrogen (secondary N) is 1. The fraction of sp³-hybridized carbons (Fsp3) is 0.304. The van der Waals surface area contributed by atoms with E-state index in [0.29, 0.717) is 30.1 Å². The third-order valence-electron chi connectivity index (χ3n) is 4.69. The number of halogens is 1. The molecule has 1 aliphatic rings. The van der Waals surface area contributed by atoms with Gasteiger partial charge in [0.25, 0.3) is 5.91 Å². The van der Waals surface area contributed by atoms with E-state index in [9.17, 15) is 9.59 Å². The molecule has 166 valence electrons. The quantitative estimate of drug-likeness (QED) is 0.504. The zero-order valence-electron chi connectivity index (χ0n) is 18.0. The Balaban J connectivity index is 1.39. The van der Waals surface area contributed by atoms with Crippen molar-refractivity contribution in [1.82, 2.24) is 14.9 Å². The summed E-state index contributed by atoms with van der Waals surface area (Å²) in [5.41, 5.74) is 0.606. The molecule has 2 amide bonds. The number of carbonyl (C=O) groups excluding carboxylic acids is 2. The van der Waals surface area contributed by atoms with Crippen LogP contribution in [0.15, 0.2) is 58.0 Å². The van der Waals surface area contributed by atoms with Crippen molar-refractivity contribution in [3.05, 3.63) is 58.7 Å². The first-order chi connectivity index (χ1) is 15.2. The molecule has 0 saturated carbocycles. The Hall–Kier alpha value is -2.65. The summed E-state index contributed by atoms with van der Waals surface area (Å²) in [4.78, 5) is 36.2. The predicted octanol–water partition coefficient (Wildman–Crippen LogP) is 5.36. The number of ether oxygens (including phenoxy) is 1. The first-order valence-corrected chi connectivity index (χ1v) is 11.8. The summed E-state index contributed by atoms with van der Waals surface area (Å²) in [6.45, 7) is 6.78. The molecule has 0 atom stereocenters. The predicted molar refractivity (Wildman–Crippen MR) is 129 cm³/mol. The average Bonchev–Trinajstić information content (AvgIpc) is 2.70. The number of likely N-dealkylation sites (tertiary alicyclic amines) is 1. The molecule has 1 saturated heterocycles. The molecule has 2 aromatic heterocycles. The van der Waals surface area contributed by atoms with E-state index < -0.39 is 5.60 Å². The second-order valence-corrected chi connectivity index (χ2v) is 10.7. The number of fused-ring (bicyclic) bond motifs is 1. The average molecular weight is 515 g/mol. The van der Waals surface area contributed by atoms with Gasteiger partial charge in [-0.3, -0.25) is 4.79 Å².